The van der Waals surface area contributed by atoms with E-state index in [1.54, 1.807) is 48.6 Å². The lowest BCUT2D eigenvalue weighted by Gasteiger charge is -2.22. The highest BCUT2D eigenvalue weighted by atomic mass is 35.5. The molecule has 3 rings (SSSR count). The van der Waals surface area contributed by atoms with Gasteiger partial charge in [-0.2, -0.15) is 13.2 Å². The van der Waals surface area contributed by atoms with E-state index in [2.05, 4.69) is 4.72 Å². The molecule has 0 radical (unpaired) electrons. The number of nitrogens with zero attached hydrogens (tertiary/aromatic N) is 1. The minimum atomic E-state index is -4.58. The minimum Gasteiger partial charge on any atom is -0.313 e. The van der Waals surface area contributed by atoms with Crippen molar-refractivity contribution in [2.24, 2.45) is 5.84 Å². The van der Waals surface area contributed by atoms with Gasteiger partial charge in [-0.25, -0.2) is 14.4 Å². The molecule has 0 heterocycles. The molecule has 3 atom stereocenters. The SMILES string of the molecule is C[C@@H](F)/C(=C\N(N)Cc1ccc(C(F)(F)F)cc1NS(=O)C1C=CC(Cl)=CC1)c1ccccc1. The van der Waals surface area contributed by atoms with Crippen molar-refractivity contribution in [1.29, 1.82) is 0 Å². The molecule has 0 aliphatic heterocycles. The van der Waals surface area contributed by atoms with Crippen LogP contribution in [0.2, 0.25) is 0 Å². The Morgan fingerprint density at radius 2 is 2.00 bits per heavy atom. The van der Waals surface area contributed by atoms with Crippen LogP contribution in [0.5, 0.6) is 0 Å². The predicted octanol–water partition coefficient (Wildman–Crippen LogP) is 6.31. The molecule has 2 aromatic carbocycles. The van der Waals surface area contributed by atoms with Gasteiger partial charge < -0.3 is 9.73 Å². The Hall–Kier alpha value is -2.62. The molecule has 34 heavy (non-hydrogen) atoms. The fourth-order valence-electron chi connectivity index (χ4n) is 3.36. The Kier molecular flexibility index (Phi) is 8.57. The number of hydrogen-bond donors (Lipinski definition) is 2. The first-order valence-electron chi connectivity index (χ1n) is 10.4. The van der Waals surface area contributed by atoms with E-state index in [1.807, 2.05) is 0 Å². The lowest BCUT2D eigenvalue weighted by molar-refractivity contribution is -0.137. The number of rotatable bonds is 8. The first-order chi connectivity index (χ1) is 16.0. The maximum Gasteiger partial charge on any atom is 0.416 e. The average Bonchev–Trinajstić information content (AvgIpc) is 2.78. The summed E-state index contributed by atoms with van der Waals surface area (Å²) in [5.74, 6) is 6.09. The van der Waals surface area contributed by atoms with Crippen molar-refractivity contribution in [1.82, 2.24) is 5.01 Å². The molecule has 0 amide bonds. The van der Waals surface area contributed by atoms with E-state index in [0.29, 0.717) is 28.2 Å². The van der Waals surface area contributed by atoms with E-state index >= 15 is 0 Å². The number of halogens is 5. The molecule has 10 heteroatoms. The summed E-state index contributed by atoms with van der Waals surface area (Å²) in [6.45, 7) is 1.33. The molecule has 2 unspecified atom stereocenters. The van der Waals surface area contributed by atoms with Crippen molar-refractivity contribution >= 4 is 33.8 Å². The Labute approximate surface area is 203 Å². The van der Waals surface area contributed by atoms with E-state index in [4.69, 9.17) is 17.4 Å². The first-order valence-corrected chi connectivity index (χ1v) is 12.0. The van der Waals surface area contributed by atoms with Gasteiger partial charge in [0.1, 0.15) is 17.2 Å². The van der Waals surface area contributed by atoms with Crippen molar-refractivity contribution in [2.45, 2.75) is 37.5 Å². The van der Waals surface area contributed by atoms with Crippen molar-refractivity contribution in [3.05, 3.63) is 94.7 Å². The molecule has 2 aromatic rings. The number of nitrogens with two attached hydrogens (primary N) is 1. The van der Waals surface area contributed by atoms with Crippen molar-refractivity contribution in [2.75, 3.05) is 4.72 Å². The fourth-order valence-corrected chi connectivity index (χ4v) is 4.57. The van der Waals surface area contributed by atoms with Crippen LogP contribution in [0.15, 0.2) is 78.0 Å². The molecule has 182 valence electrons. The number of nitrogens with one attached hydrogen (secondary N) is 1. The second-order valence-corrected chi connectivity index (χ2v) is 9.57. The molecular formula is C24H24ClF4N3OS. The van der Waals surface area contributed by atoms with Crippen LogP contribution in [0, 0.1) is 0 Å². The summed E-state index contributed by atoms with van der Waals surface area (Å²) in [5.41, 5.74) is 0.465. The molecule has 0 aromatic heterocycles. The molecule has 1 aliphatic rings. The monoisotopic (exact) mass is 513 g/mol. The quantitative estimate of drug-likeness (QED) is 0.247. The van der Waals surface area contributed by atoms with E-state index in [0.717, 1.165) is 12.1 Å². The van der Waals surface area contributed by atoms with Gasteiger partial charge in [-0.15, -0.1) is 0 Å². The Bertz CT molecular complexity index is 1120. The van der Waals surface area contributed by atoms with Gasteiger partial charge in [-0.05, 0) is 42.7 Å². The van der Waals surface area contributed by atoms with Crippen molar-refractivity contribution < 1.29 is 21.8 Å². The van der Waals surface area contributed by atoms with Crippen LogP contribution >= 0.6 is 11.6 Å². The lowest BCUT2D eigenvalue weighted by atomic mass is 10.0. The molecule has 0 bridgehead atoms. The maximum atomic E-state index is 14.3. The van der Waals surface area contributed by atoms with Gasteiger partial charge >= 0.3 is 6.18 Å². The summed E-state index contributed by atoms with van der Waals surface area (Å²) in [4.78, 5) is 0. The second kappa shape index (κ2) is 11.2. The topological polar surface area (TPSA) is 58.4 Å². The van der Waals surface area contributed by atoms with Crippen LogP contribution in [-0.2, 0) is 23.7 Å². The Morgan fingerprint density at radius 3 is 2.59 bits per heavy atom. The number of hydrazine groups is 1. The van der Waals surface area contributed by atoms with Crippen molar-refractivity contribution in [3.63, 3.8) is 0 Å². The third-order valence-corrected chi connectivity index (χ3v) is 6.73. The molecule has 3 N–H and O–H groups in total. The predicted molar refractivity (Wildman–Crippen MR) is 129 cm³/mol. The molecule has 0 saturated heterocycles. The molecule has 4 nitrogen and oxygen atoms in total. The summed E-state index contributed by atoms with van der Waals surface area (Å²) in [7, 11) is -1.72. The van der Waals surface area contributed by atoms with Gasteiger partial charge in [-0.1, -0.05) is 60.2 Å². The first kappa shape index (κ1) is 26.0. The van der Waals surface area contributed by atoms with Gasteiger partial charge in [0.25, 0.3) is 0 Å². The third-order valence-electron chi connectivity index (χ3n) is 5.13. The summed E-state index contributed by atoms with van der Waals surface area (Å²) in [6.07, 6.45) is 0.810. The molecule has 0 saturated carbocycles. The highest BCUT2D eigenvalue weighted by Crippen LogP contribution is 2.33. The number of benzene rings is 2. The Morgan fingerprint density at radius 1 is 1.29 bits per heavy atom. The van der Waals surface area contributed by atoms with Crippen molar-refractivity contribution in [3.8, 4) is 0 Å². The van der Waals surface area contributed by atoms with Gasteiger partial charge in [0.2, 0.25) is 0 Å². The number of allylic oxidation sites excluding steroid dienone is 4. The average molecular weight is 514 g/mol. The zero-order chi connectivity index (χ0) is 24.9. The van der Waals surface area contributed by atoms with Gasteiger partial charge in [-0.3, -0.25) is 0 Å². The highest BCUT2D eigenvalue weighted by Gasteiger charge is 2.31. The summed E-state index contributed by atoms with van der Waals surface area (Å²) in [5, 5.41) is 1.24. The number of anilines is 1. The summed E-state index contributed by atoms with van der Waals surface area (Å²) in [6, 6.07) is 11.9. The molecule has 0 spiro atoms. The molecular weight excluding hydrogens is 490 g/mol. The van der Waals surface area contributed by atoms with Gasteiger partial charge in [0.05, 0.1) is 23.0 Å². The van der Waals surface area contributed by atoms with E-state index in [-0.39, 0.29) is 12.2 Å². The summed E-state index contributed by atoms with van der Waals surface area (Å²) >= 11 is 5.89. The maximum absolute atomic E-state index is 14.3. The van der Waals surface area contributed by atoms with Gasteiger partial charge in [0.15, 0.2) is 0 Å². The minimum absolute atomic E-state index is 0.0283. The lowest BCUT2D eigenvalue weighted by Crippen LogP contribution is -2.27. The van der Waals surface area contributed by atoms with Crippen LogP contribution in [0.4, 0.5) is 23.2 Å². The fraction of sp³-hybridized carbons (Fsp3) is 0.250. The van der Waals surface area contributed by atoms with Crippen LogP contribution in [0.1, 0.15) is 30.0 Å². The molecule has 1 aliphatic carbocycles. The van der Waals surface area contributed by atoms with E-state index < -0.39 is 34.1 Å². The number of hydrogen-bond acceptors (Lipinski definition) is 3. The summed E-state index contributed by atoms with van der Waals surface area (Å²) < 4.78 is 69.7. The van der Waals surface area contributed by atoms with Crippen LogP contribution in [0.25, 0.3) is 5.57 Å². The largest absolute Gasteiger partial charge is 0.416 e. The van der Waals surface area contributed by atoms with Crippen LogP contribution in [0.3, 0.4) is 0 Å². The smallest absolute Gasteiger partial charge is 0.313 e. The van der Waals surface area contributed by atoms with Gasteiger partial charge in [0, 0.05) is 16.8 Å². The normalized spacial score (nSPS) is 18.3. The van der Waals surface area contributed by atoms with E-state index in [1.165, 1.54) is 24.2 Å². The zero-order valence-corrected chi connectivity index (χ0v) is 19.8. The van der Waals surface area contributed by atoms with E-state index in [9.17, 15) is 21.8 Å². The standard InChI is InChI=1S/C24H24ClF4N3OS/c1-16(26)22(17-5-3-2-4-6-17)15-32(30)14-18-7-8-19(24(27,28)29)13-23(18)31-34(33)21-11-9-20(25)10-12-21/h2-11,13,15-16,21,31H,12,14,30H2,1H3/b22-15+/t16-,21?,34?/m1/s1. The zero-order valence-electron chi connectivity index (χ0n) is 18.2. The molecule has 0 fully saturated rings. The number of alkyl halides is 4. The van der Waals surface area contributed by atoms with Crippen LogP contribution < -0.4 is 10.6 Å². The van der Waals surface area contributed by atoms with Crippen LogP contribution in [-0.4, -0.2) is 20.6 Å². The second-order valence-electron chi connectivity index (χ2n) is 7.73. The highest BCUT2D eigenvalue weighted by molar-refractivity contribution is 7.87. The third kappa shape index (κ3) is 6.94. The Balaban J connectivity index is 1.88.